The number of hydrogen-bond donors (Lipinski definition) is 1. The number of aliphatic hydroxyl groups is 1. The zero-order chi connectivity index (χ0) is 13.0. The SMILES string of the molecule is CCC1CCC(C(O)Cc2cccc(C)c2)CC1. The average Bonchev–Trinajstić information content (AvgIpc) is 2.39. The summed E-state index contributed by atoms with van der Waals surface area (Å²) in [5.74, 6) is 1.43. The molecule has 1 N–H and O–H groups in total. The zero-order valence-corrected chi connectivity index (χ0v) is 11.7. The molecule has 0 spiro atoms. The van der Waals surface area contributed by atoms with Crippen molar-refractivity contribution in [3.05, 3.63) is 35.4 Å². The van der Waals surface area contributed by atoms with Crippen LogP contribution in [0, 0.1) is 18.8 Å². The van der Waals surface area contributed by atoms with Gasteiger partial charge in [0, 0.05) is 0 Å². The number of hydrogen-bond acceptors (Lipinski definition) is 1. The van der Waals surface area contributed by atoms with Crippen LogP contribution in [0.4, 0.5) is 0 Å². The second kappa shape index (κ2) is 6.38. The Balaban J connectivity index is 1.87. The van der Waals surface area contributed by atoms with Crippen molar-refractivity contribution in [3.8, 4) is 0 Å². The van der Waals surface area contributed by atoms with Crippen molar-refractivity contribution in [2.45, 2.75) is 58.5 Å². The van der Waals surface area contributed by atoms with Gasteiger partial charge in [-0.25, -0.2) is 0 Å². The van der Waals surface area contributed by atoms with Gasteiger partial charge in [0.15, 0.2) is 0 Å². The molecule has 0 bridgehead atoms. The largest absolute Gasteiger partial charge is 0.392 e. The smallest absolute Gasteiger partial charge is 0.0608 e. The highest BCUT2D eigenvalue weighted by Gasteiger charge is 2.25. The Hall–Kier alpha value is -0.820. The van der Waals surface area contributed by atoms with Crippen LogP contribution in [0.5, 0.6) is 0 Å². The van der Waals surface area contributed by atoms with E-state index in [1.54, 1.807) is 0 Å². The van der Waals surface area contributed by atoms with Crippen LogP contribution < -0.4 is 0 Å². The van der Waals surface area contributed by atoms with Crippen molar-refractivity contribution in [2.24, 2.45) is 11.8 Å². The molecular weight excluding hydrogens is 220 g/mol. The lowest BCUT2D eigenvalue weighted by molar-refractivity contribution is 0.0735. The van der Waals surface area contributed by atoms with Gasteiger partial charge in [0.2, 0.25) is 0 Å². The fourth-order valence-corrected chi connectivity index (χ4v) is 3.23. The molecule has 18 heavy (non-hydrogen) atoms. The molecule has 1 unspecified atom stereocenters. The second-order valence-electron chi connectivity index (χ2n) is 5.95. The normalized spacial score (nSPS) is 25.9. The summed E-state index contributed by atoms with van der Waals surface area (Å²) in [6, 6.07) is 8.53. The van der Waals surface area contributed by atoms with Crippen LogP contribution in [0.15, 0.2) is 24.3 Å². The molecule has 1 aliphatic rings. The van der Waals surface area contributed by atoms with E-state index in [2.05, 4.69) is 38.1 Å². The molecule has 1 heteroatoms. The average molecular weight is 246 g/mol. The van der Waals surface area contributed by atoms with Crippen LogP contribution >= 0.6 is 0 Å². The number of aliphatic hydroxyl groups excluding tert-OH is 1. The molecule has 1 atom stereocenters. The molecule has 2 rings (SSSR count). The minimum atomic E-state index is -0.149. The summed E-state index contributed by atoms with van der Waals surface area (Å²) in [5.41, 5.74) is 2.56. The topological polar surface area (TPSA) is 20.2 Å². The first-order valence-electron chi connectivity index (χ1n) is 7.42. The van der Waals surface area contributed by atoms with Gasteiger partial charge in [0.25, 0.3) is 0 Å². The van der Waals surface area contributed by atoms with Crippen LogP contribution in [0.3, 0.4) is 0 Å². The molecule has 1 aromatic carbocycles. The van der Waals surface area contributed by atoms with E-state index in [1.165, 1.54) is 43.2 Å². The molecule has 1 aromatic rings. The first kappa shape index (κ1) is 13.6. The van der Waals surface area contributed by atoms with Gasteiger partial charge in [-0.15, -0.1) is 0 Å². The molecule has 1 nitrogen and oxygen atoms in total. The molecule has 0 saturated heterocycles. The van der Waals surface area contributed by atoms with Gasteiger partial charge in [-0.1, -0.05) is 56.0 Å². The summed E-state index contributed by atoms with van der Waals surface area (Å²) in [6.45, 7) is 4.40. The second-order valence-corrected chi connectivity index (χ2v) is 5.95. The van der Waals surface area contributed by atoms with Crippen molar-refractivity contribution in [2.75, 3.05) is 0 Å². The van der Waals surface area contributed by atoms with E-state index in [4.69, 9.17) is 0 Å². The van der Waals surface area contributed by atoms with Crippen LogP contribution in [0.2, 0.25) is 0 Å². The third-order valence-corrected chi connectivity index (χ3v) is 4.54. The van der Waals surface area contributed by atoms with Crippen molar-refractivity contribution < 1.29 is 5.11 Å². The lowest BCUT2D eigenvalue weighted by Gasteiger charge is -2.31. The Morgan fingerprint density at radius 1 is 1.22 bits per heavy atom. The maximum absolute atomic E-state index is 10.4. The van der Waals surface area contributed by atoms with E-state index in [0.717, 1.165) is 12.3 Å². The molecule has 1 saturated carbocycles. The first-order valence-corrected chi connectivity index (χ1v) is 7.42. The molecular formula is C17H26O. The summed E-state index contributed by atoms with van der Waals surface area (Å²) in [4.78, 5) is 0. The molecule has 100 valence electrons. The molecule has 0 heterocycles. The maximum Gasteiger partial charge on any atom is 0.0608 e. The van der Waals surface area contributed by atoms with Gasteiger partial charge in [-0.3, -0.25) is 0 Å². The summed E-state index contributed by atoms with van der Waals surface area (Å²) in [7, 11) is 0. The predicted octanol–water partition coefficient (Wildman–Crippen LogP) is 4.11. The third kappa shape index (κ3) is 3.58. The van der Waals surface area contributed by atoms with E-state index in [-0.39, 0.29) is 6.10 Å². The van der Waals surface area contributed by atoms with Crippen molar-refractivity contribution in [3.63, 3.8) is 0 Å². The van der Waals surface area contributed by atoms with Gasteiger partial charge in [0.05, 0.1) is 6.10 Å². The van der Waals surface area contributed by atoms with Crippen LogP contribution in [-0.4, -0.2) is 11.2 Å². The fourth-order valence-electron chi connectivity index (χ4n) is 3.23. The molecule has 0 amide bonds. The number of aryl methyl sites for hydroxylation is 1. The van der Waals surface area contributed by atoms with Gasteiger partial charge in [0.1, 0.15) is 0 Å². The minimum Gasteiger partial charge on any atom is -0.392 e. The molecule has 1 aliphatic carbocycles. The highest BCUT2D eigenvalue weighted by molar-refractivity contribution is 5.22. The van der Waals surface area contributed by atoms with Gasteiger partial charge in [-0.2, -0.15) is 0 Å². The number of rotatable bonds is 4. The predicted molar refractivity (Wildman–Crippen MR) is 76.6 cm³/mol. The first-order chi connectivity index (χ1) is 8.69. The van der Waals surface area contributed by atoms with E-state index < -0.39 is 0 Å². The van der Waals surface area contributed by atoms with E-state index >= 15 is 0 Å². The zero-order valence-electron chi connectivity index (χ0n) is 11.7. The lowest BCUT2D eigenvalue weighted by atomic mass is 9.77. The van der Waals surface area contributed by atoms with E-state index in [0.29, 0.717) is 5.92 Å². The molecule has 1 fully saturated rings. The summed E-state index contributed by atoms with van der Waals surface area (Å²) in [5, 5.41) is 10.4. The Kier molecular flexibility index (Phi) is 4.82. The fraction of sp³-hybridized carbons (Fsp3) is 0.647. The maximum atomic E-state index is 10.4. The van der Waals surface area contributed by atoms with Crippen LogP contribution in [0.1, 0.15) is 50.2 Å². The quantitative estimate of drug-likeness (QED) is 0.847. The van der Waals surface area contributed by atoms with Gasteiger partial charge < -0.3 is 5.11 Å². The number of benzene rings is 1. The molecule has 0 radical (unpaired) electrons. The van der Waals surface area contributed by atoms with Crippen LogP contribution in [0.25, 0.3) is 0 Å². The molecule has 0 aliphatic heterocycles. The third-order valence-electron chi connectivity index (χ3n) is 4.54. The summed E-state index contributed by atoms with van der Waals surface area (Å²) in [6.07, 6.45) is 7.03. The standard InChI is InChI=1S/C17H26O/c1-3-14-7-9-16(10-8-14)17(18)12-15-6-4-5-13(2)11-15/h4-6,11,14,16-18H,3,7-10,12H2,1-2H3. The Morgan fingerprint density at radius 3 is 2.56 bits per heavy atom. The minimum absolute atomic E-state index is 0.149. The van der Waals surface area contributed by atoms with Crippen molar-refractivity contribution >= 4 is 0 Å². The Labute approximate surface area is 111 Å². The van der Waals surface area contributed by atoms with Crippen LogP contribution in [-0.2, 0) is 6.42 Å². The highest BCUT2D eigenvalue weighted by Crippen LogP contribution is 2.33. The lowest BCUT2D eigenvalue weighted by Crippen LogP contribution is -2.27. The molecule has 0 aromatic heterocycles. The Bertz CT molecular complexity index is 364. The summed E-state index contributed by atoms with van der Waals surface area (Å²) < 4.78 is 0. The van der Waals surface area contributed by atoms with E-state index in [9.17, 15) is 5.11 Å². The summed E-state index contributed by atoms with van der Waals surface area (Å²) >= 11 is 0. The monoisotopic (exact) mass is 246 g/mol. The Morgan fingerprint density at radius 2 is 1.94 bits per heavy atom. The van der Waals surface area contributed by atoms with Gasteiger partial charge in [-0.05, 0) is 43.6 Å². The highest BCUT2D eigenvalue weighted by atomic mass is 16.3. The van der Waals surface area contributed by atoms with Crippen molar-refractivity contribution in [1.29, 1.82) is 0 Å². The van der Waals surface area contributed by atoms with Crippen molar-refractivity contribution in [1.82, 2.24) is 0 Å². The van der Waals surface area contributed by atoms with E-state index in [1.807, 2.05) is 0 Å². The van der Waals surface area contributed by atoms with Gasteiger partial charge >= 0.3 is 0 Å².